The van der Waals surface area contributed by atoms with Crippen molar-refractivity contribution in [1.29, 1.82) is 0 Å². The van der Waals surface area contributed by atoms with Gasteiger partial charge in [-0.1, -0.05) is 25.9 Å². The van der Waals surface area contributed by atoms with E-state index < -0.39 is 17.8 Å². The standard InChI is InChI=1S/C21H19F3N6O2/c1-20(2,3)16-9-17(29-32-16)28-19(31)27-13-4-6-14(7-5-13)30-11-26-15-8-12(21(22,23)24)10-25-18(15)30/h4-11H,1-3H3,(H2,27,28,29,31). The Morgan fingerprint density at radius 1 is 1.03 bits per heavy atom. The second kappa shape index (κ2) is 7.66. The quantitative estimate of drug-likeness (QED) is 0.443. The zero-order valence-corrected chi connectivity index (χ0v) is 17.4. The molecule has 2 amide bonds. The summed E-state index contributed by atoms with van der Waals surface area (Å²) in [6, 6.07) is 8.77. The fourth-order valence-electron chi connectivity index (χ4n) is 2.92. The number of fused-ring (bicyclic) bond motifs is 1. The van der Waals surface area contributed by atoms with E-state index in [0.29, 0.717) is 23.0 Å². The molecule has 3 aromatic heterocycles. The fraction of sp³-hybridized carbons (Fsp3) is 0.238. The lowest BCUT2D eigenvalue weighted by atomic mass is 9.93. The lowest BCUT2D eigenvalue weighted by molar-refractivity contribution is -0.137. The molecule has 0 aliphatic rings. The highest BCUT2D eigenvalue weighted by Crippen LogP contribution is 2.30. The van der Waals surface area contributed by atoms with Gasteiger partial charge in [0.25, 0.3) is 0 Å². The predicted molar refractivity (Wildman–Crippen MR) is 112 cm³/mol. The van der Waals surface area contributed by atoms with Gasteiger partial charge in [-0.2, -0.15) is 13.2 Å². The number of amides is 2. The number of aromatic nitrogens is 4. The van der Waals surface area contributed by atoms with E-state index in [1.165, 1.54) is 6.33 Å². The number of nitrogens with zero attached hydrogens (tertiary/aromatic N) is 4. The molecule has 8 nitrogen and oxygen atoms in total. The van der Waals surface area contributed by atoms with Crippen LogP contribution in [0.25, 0.3) is 16.9 Å². The van der Waals surface area contributed by atoms with Crippen molar-refractivity contribution in [3.8, 4) is 5.69 Å². The summed E-state index contributed by atoms with van der Waals surface area (Å²) in [6.45, 7) is 5.90. The van der Waals surface area contributed by atoms with Gasteiger partial charge in [-0.3, -0.25) is 9.88 Å². The minimum atomic E-state index is -4.49. The van der Waals surface area contributed by atoms with Crippen molar-refractivity contribution in [3.63, 3.8) is 0 Å². The maximum Gasteiger partial charge on any atom is 0.417 e. The average Bonchev–Trinajstić information content (AvgIpc) is 3.34. The smallest absolute Gasteiger partial charge is 0.359 e. The zero-order chi connectivity index (χ0) is 23.1. The Morgan fingerprint density at radius 2 is 1.75 bits per heavy atom. The van der Waals surface area contributed by atoms with E-state index in [1.54, 1.807) is 34.9 Å². The first kappa shape index (κ1) is 21.3. The second-order valence-corrected chi connectivity index (χ2v) is 8.13. The van der Waals surface area contributed by atoms with E-state index in [2.05, 4.69) is 25.8 Å². The number of imidazole rings is 1. The van der Waals surface area contributed by atoms with Crippen LogP contribution in [0, 0.1) is 0 Å². The number of pyridine rings is 1. The third-order valence-electron chi connectivity index (χ3n) is 4.61. The van der Waals surface area contributed by atoms with E-state index in [-0.39, 0.29) is 16.6 Å². The molecule has 4 aromatic rings. The molecule has 166 valence electrons. The molecule has 32 heavy (non-hydrogen) atoms. The van der Waals surface area contributed by atoms with Crippen LogP contribution in [0.4, 0.5) is 29.5 Å². The molecule has 0 saturated carbocycles. The van der Waals surface area contributed by atoms with Crippen molar-refractivity contribution in [3.05, 3.63) is 60.2 Å². The molecule has 4 rings (SSSR count). The molecule has 2 N–H and O–H groups in total. The summed E-state index contributed by atoms with van der Waals surface area (Å²) in [5, 5.41) is 9.10. The van der Waals surface area contributed by atoms with Gasteiger partial charge in [0.15, 0.2) is 11.5 Å². The predicted octanol–water partition coefficient (Wildman–Crippen LogP) is 5.37. The van der Waals surface area contributed by atoms with Crippen LogP contribution in [-0.4, -0.2) is 25.7 Å². The largest absolute Gasteiger partial charge is 0.417 e. The van der Waals surface area contributed by atoms with Crippen molar-refractivity contribution < 1.29 is 22.5 Å². The van der Waals surface area contributed by atoms with Gasteiger partial charge in [-0.05, 0) is 30.3 Å². The number of anilines is 2. The summed E-state index contributed by atoms with van der Waals surface area (Å²) in [6.07, 6.45) is -2.32. The normalized spacial score (nSPS) is 12.2. The molecule has 0 unspecified atom stereocenters. The topological polar surface area (TPSA) is 97.9 Å². The van der Waals surface area contributed by atoms with Crippen molar-refractivity contribution in [2.75, 3.05) is 10.6 Å². The van der Waals surface area contributed by atoms with Crippen molar-refractivity contribution in [2.24, 2.45) is 0 Å². The minimum Gasteiger partial charge on any atom is -0.359 e. The average molecular weight is 444 g/mol. The van der Waals surface area contributed by atoms with Crippen molar-refractivity contribution >= 4 is 28.7 Å². The van der Waals surface area contributed by atoms with Crippen LogP contribution in [-0.2, 0) is 11.6 Å². The summed E-state index contributed by atoms with van der Waals surface area (Å²) in [4.78, 5) is 20.1. The number of carbonyl (C=O) groups is 1. The Balaban J connectivity index is 1.46. The zero-order valence-electron chi connectivity index (χ0n) is 17.4. The molecule has 3 heterocycles. The highest BCUT2D eigenvalue weighted by atomic mass is 19.4. The SMILES string of the molecule is CC(C)(C)c1cc(NC(=O)Nc2ccc(-n3cnc4cc(C(F)(F)F)cnc43)cc2)no1. The third-order valence-corrected chi connectivity index (χ3v) is 4.61. The number of carbonyl (C=O) groups excluding carboxylic acids is 1. The molecule has 1 aromatic carbocycles. The second-order valence-electron chi connectivity index (χ2n) is 8.13. The number of benzene rings is 1. The molecule has 0 radical (unpaired) electrons. The van der Waals surface area contributed by atoms with Gasteiger partial charge in [0.1, 0.15) is 17.6 Å². The first-order valence-corrected chi connectivity index (χ1v) is 9.57. The van der Waals surface area contributed by atoms with Gasteiger partial charge < -0.3 is 9.84 Å². The molecule has 0 saturated heterocycles. The van der Waals surface area contributed by atoms with Crippen molar-refractivity contribution in [1.82, 2.24) is 19.7 Å². The number of urea groups is 1. The maximum atomic E-state index is 12.9. The molecule has 0 spiro atoms. The van der Waals surface area contributed by atoms with E-state index in [4.69, 9.17) is 4.52 Å². The van der Waals surface area contributed by atoms with Gasteiger partial charge in [0.05, 0.1) is 5.56 Å². The number of halogens is 3. The molecule has 0 aliphatic heterocycles. The van der Waals surface area contributed by atoms with Crippen LogP contribution >= 0.6 is 0 Å². The Kier molecular flexibility index (Phi) is 5.11. The molecule has 0 bridgehead atoms. The minimum absolute atomic E-state index is 0.128. The van der Waals surface area contributed by atoms with E-state index in [1.807, 2.05) is 20.8 Å². The van der Waals surface area contributed by atoms with E-state index in [0.717, 1.165) is 12.3 Å². The molecule has 11 heteroatoms. The van der Waals surface area contributed by atoms with Gasteiger partial charge in [0, 0.05) is 29.1 Å². The van der Waals surface area contributed by atoms with Gasteiger partial charge in [0.2, 0.25) is 0 Å². The molecule has 0 fully saturated rings. The molecular formula is C21H19F3N6O2. The Labute approximate surface area is 180 Å². The van der Waals surface area contributed by atoms with Gasteiger partial charge in [-0.25, -0.2) is 14.8 Å². The van der Waals surface area contributed by atoms with Crippen LogP contribution < -0.4 is 10.6 Å². The number of nitrogens with one attached hydrogen (secondary N) is 2. The Morgan fingerprint density at radius 3 is 2.38 bits per heavy atom. The van der Waals surface area contributed by atoms with Gasteiger partial charge >= 0.3 is 12.2 Å². The number of hydrogen-bond donors (Lipinski definition) is 2. The van der Waals surface area contributed by atoms with Crippen LogP contribution in [0.3, 0.4) is 0 Å². The van der Waals surface area contributed by atoms with Crippen LogP contribution in [0.5, 0.6) is 0 Å². The summed E-state index contributed by atoms with van der Waals surface area (Å²) in [5.41, 5.74) is 0.447. The highest BCUT2D eigenvalue weighted by molar-refractivity contribution is 5.99. The highest BCUT2D eigenvalue weighted by Gasteiger charge is 2.31. The summed E-state index contributed by atoms with van der Waals surface area (Å²) in [7, 11) is 0. The monoisotopic (exact) mass is 444 g/mol. The molecule has 0 aliphatic carbocycles. The first-order chi connectivity index (χ1) is 15.0. The lowest BCUT2D eigenvalue weighted by Gasteiger charge is -2.12. The number of alkyl halides is 3. The molecule has 0 atom stereocenters. The fourth-order valence-corrected chi connectivity index (χ4v) is 2.92. The number of rotatable bonds is 3. The van der Waals surface area contributed by atoms with E-state index in [9.17, 15) is 18.0 Å². The Hall–Kier alpha value is -3.89. The first-order valence-electron chi connectivity index (χ1n) is 9.57. The summed E-state index contributed by atoms with van der Waals surface area (Å²) < 4.78 is 45.4. The van der Waals surface area contributed by atoms with E-state index >= 15 is 0 Å². The van der Waals surface area contributed by atoms with Crippen LogP contribution in [0.15, 0.2) is 53.4 Å². The summed E-state index contributed by atoms with van der Waals surface area (Å²) >= 11 is 0. The van der Waals surface area contributed by atoms with Crippen LogP contribution in [0.1, 0.15) is 32.1 Å². The lowest BCUT2D eigenvalue weighted by Crippen LogP contribution is -2.19. The van der Waals surface area contributed by atoms with Crippen LogP contribution in [0.2, 0.25) is 0 Å². The van der Waals surface area contributed by atoms with Crippen molar-refractivity contribution in [2.45, 2.75) is 32.4 Å². The molecular weight excluding hydrogens is 425 g/mol. The Bertz CT molecular complexity index is 1270. The summed E-state index contributed by atoms with van der Waals surface area (Å²) in [5.74, 6) is 0.930. The van der Waals surface area contributed by atoms with Gasteiger partial charge in [-0.15, -0.1) is 0 Å². The maximum absolute atomic E-state index is 12.9. The third kappa shape index (κ3) is 4.41. The number of hydrogen-bond acceptors (Lipinski definition) is 5.